The lowest BCUT2D eigenvalue weighted by molar-refractivity contribution is 0.0932. The third-order valence-electron chi connectivity index (χ3n) is 4.64. The Morgan fingerprint density at radius 3 is 2.68 bits per heavy atom. The fourth-order valence-corrected chi connectivity index (χ4v) is 3.68. The van der Waals surface area contributed by atoms with Gasteiger partial charge in [0.2, 0.25) is 10.0 Å². The zero-order valence-corrected chi connectivity index (χ0v) is 15.2. The molecule has 0 saturated carbocycles. The largest absolute Gasteiger partial charge is 0.345 e. The Morgan fingerprint density at radius 2 is 1.92 bits per heavy atom. The normalized spacial score (nSPS) is 16.8. The highest BCUT2D eigenvalue weighted by Gasteiger charge is 2.22. The summed E-state index contributed by atoms with van der Waals surface area (Å²) < 4.78 is 24.6. The van der Waals surface area contributed by atoms with Crippen molar-refractivity contribution < 1.29 is 13.2 Å². The van der Waals surface area contributed by atoms with Crippen LogP contribution in [0.2, 0.25) is 0 Å². The summed E-state index contributed by atoms with van der Waals surface area (Å²) in [6, 6.07) is 14.8. The lowest BCUT2D eigenvalue weighted by Crippen LogP contribution is -2.31. The predicted octanol–water partition coefficient (Wildman–Crippen LogP) is 2.89. The average molecular weight is 358 g/mol. The first-order valence-corrected chi connectivity index (χ1v) is 10.1. The van der Waals surface area contributed by atoms with Gasteiger partial charge in [0.1, 0.15) is 0 Å². The quantitative estimate of drug-likeness (QED) is 0.914. The SMILES string of the molecule is CN(c1cccc(C(=O)NC2CCCc3ccccc32)c1)S(C)(=O)=O. The Labute approximate surface area is 148 Å². The molecule has 5 nitrogen and oxygen atoms in total. The van der Waals surface area contributed by atoms with Gasteiger partial charge in [0.25, 0.3) is 5.91 Å². The number of anilines is 1. The second kappa shape index (κ2) is 6.88. The van der Waals surface area contributed by atoms with E-state index in [9.17, 15) is 13.2 Å². The van der Waals surface area contributed by atoms with Crippen LogP contribution < -0.4 is 9.62 Å². The van der Waals surface area contributed by atoms with Crippen LogP contribution in [0, 0.1) is 0 Å². The number of sulfonamides is 1. The minimum atomic E-state index is -3.36. The van der Waals surface area contributed by atoms with E-state index in [1.807, 2.05) is 12.1 Å². The average Bonchev–Trinajstić information content (AvgIpc) is 2.60. The summed E-state index contributed by atoms with van der Waals surface area (Å²) in [7, 11) is -1.89. The maximum Gasteiger partial charge on any atom is 0.251 e. The van der Waals surface area contributed by atoms with Gasteiger partial charge in [-0.05, 0) is 48.6 Å². The molecule has 0 aromatic heterocycles. The molecule has 0 heterocycles. The Kier molecular flexibility index (Phi) is 4.81. The van der Waals surface area contributed by atoms with Crippen molar-refractivity contribution >= 4 is 21.6 Å². The van der Waals surface area contributed by atoms with Crippen LogP contribution in [0.5, 0.6) is 0 Å². The number of amides is 1. The van der Waals surface area contributed by atoms with E-state index in [0.29, 0.717) is 11.3 Å². The fraction of sp³-hybridized carbons (Fsp3) is 0.316. The molecule has 1 N–H and O–H groups in total. The van der Waals surface area contributed by atoms with Crippen LogP contribution >= 0.6 is 0 Å². The van der Waals surface area contributed by atoms with E-state index in [1.54, 1.807) is 24.3 Å². The fourth-order valence-electron chi connectivity index (χ4n) is 3.18. The number of nitrogens with one attached hydrogen (secondary N) is 1. The van der Waals surface area contributed by atoms with E-state index >= 15 is 0 Å². The van der Waals surface area contributed by atoms with E-state index in [-0.39, 0.29) is 11.9 Å². The van der Waals surface area contributed by atoms with Crippen molar-refractivity contribution in [3.8, 4) is 0 Å². The monoisotopic (exact) mass is 358 g/mol. The Hall–Kier alpha value is -2.34. The minimum Gasteiger partial charge on any atom is -0.345 e. The molecular formula is C19H22N2O3S. The van der Waals surface area contributed by atoms with Gasteiger partial charge < -0.3 is 5.32 Å². The second-order valence-electron chi connectivity index (χ2n) is 6.40. The molecule has 0 radical (unpaired) electrons. The Balaban J connectivity index is 1.81. The molecule has 1 atom stereocenters. The molecule has 0 bridgehead atoms. The number of hydrogen-bond donors (Lipinski definition) is 1. The summed E-state index contributed by atoms with van der Waals surface area (Å²) in [4.78, 5) is 12.7. The number of carbonyl (C=O) groups is 1. The molecule has 1 aliphatic carbocycles. The molecular weight excluding hydrogens is 336 g/mol. The summed E-state index contributed by atoms with van der Waals surface area (Å²) in [5.41, 5.74) is 3.38. The van der Waals surface area contributed by atoms with Crippen LogP contribution in [0.15, 0.2) is 48.5 Å². The van der Waals surface area contributed by atoms with Crippen LogP contribution in [-0.4, -0.2) is 27.6 Å². The van der Waals surface area contributed by atoms with Gasteiger partial charge in [0.05, 0.1) is 18.0 Å². The predicted molar refractivity (Wildman–Crippen MR) is 99.3 cm³/mol. The Morgan fingerprint density at radius 1 is 1.16 bits per heavy atom. The van der Waals surface area contributed by atoms with Gasteiger partial charge in [0.15, 0.2) is 0 Å². The minimum absolute atomic E-state index is 0.00579. The summed E-state index contributed by atoms with van der Waals surface area (Å²) >= 11 is 0. The van der Waals surface area contributed by atoms with E-state index in [2.05, 4.69) is 17.4 Å². The molecule has 1 aliphatic rings. The van der Waals surface area contributed by atoms with Gasteiger partial charge >= 0.3 is 0 Å². The van der Waals surface area contributed by atoms with Crippen LogP contribution in [0.3, 0.4) is 0 Å². The van der Waals surface area contributed by atoms with Crippen LogP contribution in [0.4, 0.5) is 5.69 Å². The molecule has 1 amide bonds. The lowest BCUT2D eigenvalue weighted by Gasteiger charge is -2.26. The van der Waals surface area contributed by atoms with E-state index in [0.717, 1.165) is 25.5 Å². The van der Waals surface area contributed by atoms with E-state index in [1.165, 1.54) is 22.5 Å². The highest BCUT2D eigenvalue weighted by atomic mass is 32.2. The molecule has 1 unspecified atom stereocenters. The summed E-state index contributed by atoms with van der Waals surface area (Å²) in [5, 5.41) is 3.09. The van der Waals surface area contributed by atoms with Gasteiger partial charge in [-0.2, -0.15) is 0 Å². The molecule has 0 saturated heterocycles. The van der Waals surface area contributed by atoms with Gasteiger partial charge in [-0.15, -0.1) is 0 Å². The summed E-state index contributed by atoms with van der Waals surface area (Å²) in [5.74, 6) is -0.189. The third-order valence-corrected chi connectivity index (χ3v) is 5.85. The zero-order chi connectivity index (χ0) is 18.0. The maximum absolute atomic E-state index is 12.7. The van der Waals surface area contributed by atoms with Crippen LogP contribution in [0.25, 0.3) is 0 Å². The second-order valence-corrected chi connectivity index (χ2v) is 8.41. The number of carbonyl (C=O) groups excluding carboxylic acids is 1. The first-order valence-electron chi connectivity index (χ1n) is 8.29. The molecule has 2 aromatic rings. The van der Waals surface area contributed by atoms with Gasteiger partial charge in [0, 0.05) is 12.6 Å². The number of aryl methyl sites for hydroxylation is 1. The highest BCUT2D eigenvalue weighted by molar-refractivity contribution is 7.92. The van der Waals surface area contributed by atoms with Crippen molar-refractivity contribution in [3.63, 3.8) is 0 Å². The van der Waals surface area contributed by atoms with Crippen molar-refractivity contribution in [1.82, 2.24) is 5.32 Å². The van der Waals surface area contributed by atoms with Crippen molar-refractivity contribution in [1.29, 1.82) is 0 Å². The van der Waals surface area contributed by atoms with Crippen LogP contribution in [0.1, 0.15) is 40.4 Å². The van der Waals surface area contributed by atoms with Gasteiger partial charge in [-0.25, -0.2) is 8.42 Å². The molecule has 3 rings (SSSR count). The lowest BCUT2D eigenvalue weighted by atomic mass is 9.87. The molecule has 6 heteroatoms. The van der Waals surface area contributed by atoms with Crippen molar-refractivity contribution in [2.75, 3.05) is 17.6 Å². The molecule has 132 valence electrons. The van der Waals surface area contributed by atoms with Crippen LogP contribution in [-0.2, 0) is 16.4 Å². The number of benzene rings is 2. The molecule has 0 aliphatic heterocycles. The van der Waals surface area contributed by atoms with Crippen molar-refractivity contribution in [2.45, 2.75) is 25.3 Å². The Bertz CT molecular complexity index is 893. The number of fused-ring (bicyclic) bond motifs is 1. The topological polar surface area (TPSA) is 66.5 Å². The molecule has 25 heavy (non-hydrogen) atoms. The van der Waals surface area contributed by atoms with Crippen molar-refractivity contribution in [2.24, 2.45) is 0 Å². The first-order chi connectivity index (χ1) is 11.9. The molecule has 2 aromatic carbocycles. The van der Waals surface area contributed by atoms with Crippen molar-refractivity contribution in [3.05, 3.63) is 65.2 Å². The van der Waals surface area contributed by atoms with Gasteiger partial charge in [-0.1, -0.05) is 30.3 Å². The summed E-state index contributed by atoms with van der Waals surface area (Å²) in [6.07, 6.45) is 4.13. The third kappa shape index (κ3) is 3.85. The number of nitrogens with zero attached hydrogens (tertiary/aromatic N) is 1. The smallest absolute Gasteiger partial charge is 0.251 e. The van der Waals surface area contributed by atoms with E-state index in [4.69, 9.17) is 0 Å². The van der Waals surface area contributed by atoms with E-state index < -0.39 is 10.0 Å². The highest BCUT2D eigenvalue weighted by Crippen LogP contribution is 2.29. The number of hydrogen-bond acceptors (Lipinski definition) is 3. The zero-order valence-electron chi connectivity index (χ0n) is 14.4. The summed E-state index contributed by atoms with van der Waals surface area (Å²) in [6.45, 7) is 0. The molecule has 0 fully saturated rings. The van der Waals surface area contributed by atoms with Gasteiger partial charge in [-0.3, -0.25) is 9.10 Å². The maximum atomic E-state index is 12.7. The number of rotatable bonds is 4. The molecule has 0 spiro atoms. The standard InChI is InChI=1S/C19H22N2O3S/c1-21(25(2,23)24)16-10-5-9-15(13-16)19(22)20-18-12-6-8-14-7-3-4-11-17(14)18/h3-5,7,9-11,13,18H,6,8,12H2,1-2H3,(H,20,22). The first kappa shape index (κ1) is 17.5.